The fourth-order valence-electron chi connectivity index (χ4n) is 3.73. The monoisotopic (exact) mass is 476 g/mol. The number of carbonyl (C=O) groups is 4. The lowest BCUT2D eigenvalue weighted by atomic mass is 10.1. The maximum atomic E-state index is 13.1. The van der Waals surface area contributed by atoms with Gasteiger partial charge >= 0.3 is 5.97 Å². The van der Waals surface area contributed by atoms with E-state index < -0.39 is 30.3 Å². The molecule has 0 radical (unpaired) electrons. The second-order valence-electron chi connectivity index (χ2n) is 8.01. The SMILES string of the molecule is Cc1cc(Cl)ccc1NC(=O)COC(=O)c1ccc2c(c1)C(=O)N(c1cccc(C)c1C)C2=O. The molecule has 0 saturated carbocycles. The molecule has 4 rings (SSSR count). The van der Waals surface area contributed by atoms with E-state index in [1.54, 1.807) is 37.3 Å². The Morgan fingerprint density at radius 1 is 0.912 bits per heavy atom. The van der Waals surface area contributed by atoms with Gasteiger partial charge in [0.05, 0.1) is 22.4 Å². The van der Waals surface area contributed by atoms with Crippen LogP contribution in [0, 0.1) is 20.8 Å². The highest BCUT2D eigenvalue weighted by molar-refractivity contribution is 6.35. The van der Waals surface area contributed by atoms with Crippen LogP contribution in [0.2, 0.25) is 5.02 Å². The molecule has 3 aromatic rings. The first-order chi connectivity index (χ1) is 16.2. The van der Waals surface area contributed by atoms with Gasteiger partial charge in [0.2, 0.25) is 0 Å². The van der Waals surface area contributed by atoms with E-state index in [1.165, 1.54) is 18.2 Å². The molecule has 1 N–H and O–H groups in total. The van der Waals surface area contributed by atoms with Crippen LogP contribution in [0.5, 0.6) is 0 Å². The van der Waals surface area contributed by atoms with Crippen molar-refractivity contribution < 1.29 is 23.9 Å². The third kappa shape index (κ3) is 4.30. The molecular formula is C26H21ClN2O5. The number of halogens is 1. The van der Waals surface area contributed by atoms with Gasteiger partial charge in [0.1, 0.15) is 0 Å². The molecule has 3 amide bonds. The number of carbonyl (C=O) groups excluding carboxylic acids is 4. The Balaban J connectivity index is 1.47. The van der Waals surface area contributed by atoms with Gasteiger partial charge in [-0.15, -0.1) is 0 Å². The minimum absolute atomic E-state index is 0.0678. The Morgan fingerprint density at radius 3 is 2.38 bits per heavy atom. The summed E-state index contributed by atoms with van der Waals surface area (Å²) in [4.78, 5) is 51.8. The Bertz CT molecular complexity index is 1370. The summed E-state index contributed by atoms with van der Waals surface area (Å²) in [6, 6.07) is 14.5. The Hall–Kier alpha value is -3.97. The van der Waals surface area contributed by atoms with E-state index in [1.807, 2.05) is 19.9 Å². The van der Waals surface area contributed by atoms with Crippen LogP contribution in [0.1, 0.15) is 47.8 Å². The van der Waals surface area contributed by atoms with Crippen LogP contribution in [0.3, 0.4) is 0 Å². The second-order valence-corrected chi connectivity index (χ2v) is 8.45. The maximum absolute atomic E-state index is 13.1. The van der Waals surface area contributed by atoms with Gasteiger partial charge in [0, 0.05) is 10.7 Å². The number of ether oxygens (including phenoxy) is 1. The van der Waals surface area contributed by atoms with Gasteiger partial charge in [0.15, 0.2) is 6.61 Å². The molecule has 0 spiro atoms. The highest BCUT2D eigenvalue weighted by Gasteiger charge is 2.38. The summed E-state index contributed by atoms with van der Waals surface area (Å²) in [6.07, 6.45) is 0. The van der Waals surface area contributed by atoms with Gasteiger partial charge in [0.25, 0.3) is 17.7 Å². The van der Waals surface area contributed by atoms with E-state index in [0.29, 0.717) is 16.4 Å². The fraction of sp³-hybridized carbons (Fsp3) is 0.154. The number of esters is 1. The molecule has 3 aromatic carbocycles. The minimum Gasteiger partial charge on any atom is -0.452 e. The van der Waals surface area contributed by atoms with E-state index in [0.717, 1.165) is 21.6 Å². The molecule has 1 heterocycles. The lowest BCUT2D eigenvalue weighted by Gasteiger charge is -2.17. The number of amides is 3. The number of nitrogens with zero attached hydrogens (tertiary/aromatic N) is 1. The van der Waals surface area contributed by atoms with Crippen LogP contribution in [0.4, 0.5) is 11.4 Å². The lowest BCUT2D eigenvalue weighted by molar-refractivity contribution is -0.119. The number of hydrogen-bond acceptors (Lipinski definition) is 5. The average Bonchev–Trinajstić information content (AvgIpc) is 3.05. The van der Waals surface area contributed by atoms with Crippen molar-refractivity contribution in [3.8, 4) is 0 Å². The molecule has 34 heavy (non-hydrogen) atoms. The first-order valence-corrected chi connectivity index (χ1v) is 10.9. The standard InChI is InChI=1S/C26H21ClN2O5/c1-14-5-4-6-22(16(14)3)29-24(31)19-9-7-17(12-20(19)25(29)32)26(33)34-13-23(30)28-21-10-8-18(27)11-15(21)2/h4-12H,13H2,1-3H3,(H,28,30). The summed E-state index contributed by atoms with van der Waals surface area (Å²) in [7, 11) is 0. The van der Waals surface area contributed by atoms with Crippen molar-refractivity contribution in [1.29, 1.82) is 0 Å². The molecule has 8 heteroatoms. The number of anilines is 2. The highest BCUT2D eigenvalue weighted by Crippen LogP contribution is 2.32. The number of hydrogen-bond donors (Lipinski definition) is 1. The average molecular weight is 477 g/mol. The summed E-state index contributed by atoms with van der Waals surface area (Å²) in [5.74, 6) is -2.27. The Labute approximate surface area is 201 Å². The van der Waals surface area contributed by atoms with Crippen molar-refractivity contribution in [2.75, 3.05) is 16.8 Å². The van der Waals surface area contributed by atoms with Crippen LogP contribution < -0.4 is 10.2 Å². The zero-order chi connectivity index (χ0) is 24.6. The number of benzene rings is 3. The van der Waals surface area contributed by atoms with E-state index >= 15 is 0 Å². The van der Waals surface area contributed by atoms with Crippen LogP contribution in [-0.4, -0.2) is 30.3 Å². The molecule has 0 aliphatic carbocycles. The zero-order valence-electron chi connectivity index (χ0n) is 18.8. The summed E-state index contributed by atoms with van der Waals surface area (Å²) in [6.45, 7) is 5.01. The molecule has 0 atom stereocenters. The maximum Gasteiger partial charge on any atom is 0.338 e. The molecule has 0 fully saturated rings. The lowest BCUT2D eigenvalue weighted by Crippen LogP contribution is -2.30. The quantitative estimate of drug-likeness (QED) is 0.419. The topological polar surface area (TPSA) is 92.8 Å². The smallest absolute Gasteiger partial charge is 0.338 e. The Morgan fingerprint density at radius 2 is 1.65 bits per heavy atom. The van der Waals surface area contributed by atoms with Gasteiger partial charge in [-0.25, -0.2) is 9.69 Å². The number of imide groups is 1. The van der Waals surface area contributed by atoms with Gasteiger partial charge in [-0.3, -0.25) is 14.4 Å². The largest absolute Gasteiger partial charge is 0.452 e. The number of rotatable bonds is 5. The van der Waals surface area contributed by atoms with Crippen molar-refractivity contribution in [3.05, 3.63) is 93.0 Å². The van der Waals surface area contributed by atoms with Crippen LogP contribution in [-0.2, 0) is 9.53 Å². The molecule has 0 bridgehead atoms. The van der Waals surface area contributed by atoms with Crippen molar-refractivity contribution in [2.24, 2.45) is 0 Å². The Kier molecular flexibility index (Phi) is 6.22. The number of fused-ring (bicyclic) bond motifs is 1. The molecule has 172 valence electrons. The third-order valence-corrected chi connectivity index (χ3v) is 5.97. The van der Waals surface area contributed by atoms with Gasteiger partial charge in [-0.1, -0.05) is 23.7 Å². The minimum atomic E-state index is -0.781. The van der Waals surface area contributed by atoms with Gasteiger partial charge < -0.3 is 10.1 Å². The first-order valence-electron chi connectivity index (χ1n) is 10.5. The van der Waals surface area contributed by atoms with E-state index in [2.05, 4.69) is 5.32 Å². The summed E-state index contributed by atoms with van der Waals surface area (Å²) in [5, 5.41) is 3.20. The number of nitrogens with one attached hydrogen (secondary N) is 1. The summed E-state index contributed by atoms with van der Waals surface area (Å²) < 4.78 is 5.11. The predicted octanol–water partition coefficient (Wildman–Crippen LogP) is 4.86. The fourth-order valence-corrected chi connectivity index (χ4v) is 3.96. The summed E-state index contributed by atoms with van der Waals surface area (Å²) >= 11 is 5.91. The molecule has 1 aliphatic rings. The van der Waals surface area contributed by atoms with Crippen LogP contribution >= 0.6 is 11.6 Å². The first kappa shape index (κ1) is 23.2. The second kappa shape index (κ2) is 9.11. The van der Waals surface area contributed by atoms with Gasteiger partial charge in [-0.2, -0.15) is 0 Å². The van der Waals surface area contributed by atoms with Gasteiger partial charge in [-0.05, 0) is 79.9 Å². The van der Waals surface area contributed by atoms with E-state index in [4.69, 9.17) is 16.3 Å². The predicted molar refractivity (Wildman–Crippen MR) is 129 cm³/mol. The van der Waals surface area contributed by atoms with E-state index in [9.17, 15) is 19.2 Å². The van der Waals surface area contributed by atoms with Crippen molar-refractivity contribution >= 4 is 46.7 Å². The van der Waals surface area contributed by atoms with Crippen LogP contribution in [0.25, 0.3) is 0 Å². The summed E-state index contributed by atoms with van der Waals surface area (Å²) in [5.41, 5.74) is 3.98. The normalized spacial score (nSPS) is 12.5. The highest BCUT2D eigenvalue weighted by atomic mass is 35.5. The third-order valence-electron chi connectivity index (χ3n) is 5.74. The molecular weight excluding hydrogens is 456 g/mol. The van der Waals surface area contributed by atoms with Crippen LogP contribution in [0.15, 0.2) is 54.6 Å². The molecule has 0 saturated heterocycles. The van der Waals surface area contributed by atoms with Crippen molar-refractivity contribution in [1.82, 2.24) is 0 Å². The molecule has 7 nitrogen and oxygen atoms in total. The van der Waals surface area contributed by atoms with E-state index in [-0.39, 0.29) is 16.7 Å². The zero-order valence-corrected chi connectivity index (χ0v) is 19.5. The molecule has 0 aromatic heterocycles. The van der Waals surface area contributed by atoms with Crippen molar-refractivity contribution in [2.45, 2.75) is 20.8 Å². The molecule has 1 aliphatic heterocycles. The number of aryl methyl sites for hydroxylation is 2. The molecule has 0 unspecified atom stereocenters. The van der Waals surface area contributed by atoms with Crippen molar-refractivity contribution in [3.63, 3.8) is 0 Å².